The second kappa shape index (κ2) is 5.66. The van der Waals surface area contributed by atoms with E-state index in [1.54, 1.807) is 18.2 Å². The van der Waals surface area contributed by atoms with E-state index in [2.05, 4.69) is 0 Å². The fourth-order valence-corrected chi connectivity index (χ4v) is 1.29. The zero-order valence-corrected chi connectivity index (χ0v) is 8.62. The molecule has 0 radical (unpaired) electrons. The van der Waals surface area contributed by atoms with Crippen molar-refractivity contribution in [2.45, 2.75) is 25.8 Å². The maximum Gasteiger partial charge on any atom is 0.272 e. The molecule has 4 heteroatoms. The van der Waals surface area contributed by atoms with Gasteiger partial charge in [-0.3, -0.25) is 0 Å². The van der Waals surface area contributed by atoms with Crippen molar-refractivity contribution in [2.75, 3.05) is 6.61 Å². The molecule has 0 fully saturated rings. The van der Waals surface area contributed by atoms with E-state index in [1.807, 2.05) is 13.0 Å². The number of hydrogen-bond donors (Lipinski definition) is 1. The molecule has 1 aromatic carbocycles. The predicted octanol–water partition coefficient (Wildman–Crippen LogP) is 2.74. The van der Waals surface area contributed by atoms with Crippen molar-refractivity contribution >= 4 is 0 Å². The van der Waals surface area contributed by atoms with Crippen LogP contribution in [0.15, 0.2) is 24.3 Å². The first-order valence-corrected chi connectivity index (χ1v) is 4.90. The second-order valence-corrected chi connectivity index (χ2v) is 3.25. The van der Waals surface area contributed by atoms with Crippen LogP contribution in [0, 0.1) is 0 Å². The highest BCUT2D eigenvalue weighted by Gasteiger charge is 2.11. The van der Waals surface area contributed by atoms with E-state index in [0.717, 1.165) is 12.0 Å². The summed E-state index contributed by atoms with van der Waals surface area (Å²) >= 11 is 0. The van der Waals surface area contributed by atoms with Crippen molar-refractivity contribution in [2.24, 2.45) is 5.73 Å². The van der Waals surface area contributed by atoms with E-state index in [1.165, 1.54) is 0 Å². The van der Waals surface area contributed by atoms with Crippen LogP contribution in [0.1, 0.15) is 24.9 Å². The molecule has 0 heterocycles. The van der Waals surface area contributed by atoms with Crippen LogP contribution in [0.25, 0.3) is 0 Å². The number of para-hydroxylation sites is 1. The molecule has 0 saturated carbocycles. The Morgan fingerprint density at radius 2 is 2.00 bits per heavy atom. The molecule has 0 bridgehead atoms. The van der Waals surface area contributed by atoms with Gasteiger partial charge in [0.15, 0.2) is 0 Å². The molecule has 84 valence electrons. The number of alkyl halides is 2. The maximum absolute atomic E-state index is 12.0. The molecule has 0 spiro atoms. The summed E-state index contributed by atoms with van der Waals surface area (Å²) in [5.74, 6) is 0.451. The van der Waals surface area contributed by atoms with Gasteiger partial charge in [0.1, 0.15) is 12.4 Å². The van der Waals surface area contributed by atoms with Crippen molar-refractivity contribution in [3.05, 3.63) is 29.8 Å². The van der Waals surface area contributed by atoms with E-state index in [-0.39, 0.29) is 6.04 Å². The Morgan fingerprint density at radius 1 is 1.33 bits per heavy atom. The minimum Gasteiger partial charge on any atom is -0.487 e. The van der Waals surface area contributed by atoms with Crippen LogP contribution >= 0.6 is 0 Å². The molecule has 2 nitrogen and oxygen atoms in total. The Labute approximate surface area is 88.0 Å². The molecule has 0 aliphatic heterocycles. The van der Waals surface area contributed by atoms with Gasteiger partial charge in [-0.05, 0) is 12.5 Å². The summed E-state index contributed by atoms with van der Waals surface area (Å²) in [6.07, 6.45) is -1.72. The number of nitrogens with two attached hydrogens (primary N) is 1. The first kappa shape index (κ1) is 11.9. The lowest BCUT2D eigenvalue weighted by Gasteiger charge is -2.15. The molecule has 1 aromatic rings. The van der Waals surface area contributed by atoms with Gasteiger partial charge >= 0.3 is 0 Å². The van der Waals surface area contributed by atoms with Gasteiger partial charge in [0.05, 0.1) is 0 Å². The standard InChI is InChI=1S/C11H15F2NO/c1-2-9(14)8-5-3-4-6-10(8)15-7-11(12)13/h3-6,9,11H,2,7,14H2,1H3/t9-/m0/s1. The summed E-state index contributed by atoms with van der Waals surface area (Å²) in [7, 11) is 0. The van der Waals surface area contributed by atoms with Crippen molar-refractivity contribution in [1.82, 2.24) is 0 Å². The van der Waals surface area contributed by atoms with Crippen LogP contribution in [0.2, 0.25) is 0 Å². The lowest BCUT2D eigenvalue weighted by molar-refractivity contribution is 0.0812. The maximum atomic E-state index is 12.0. The summed E-state index contributed by atoms with van der Waals surface area (Å²) in [5.41, 5.74) is 6.61. The van der Waals surface area contributed by atoms with Gasteiger partial charge in [-0.1, -0.05) is 25.1 Å². The Morgan fingerprint density at radius 3 is 2.60 bits per heavy atom. The van der Waals surface area contributed by atoms with Crippen LogP contribution in [-0.2, 0) is 0 Å². The Hall–Kier alpha value is -1.16. The second-order valence-electron chi connectivity index (χ2n) is 3.25. The monoisotopic (exact) mass is 215 g/mol. The SMILES string of the molecule is CC[C@H](N)c1ccccc1OCC(F)F. The normalized spacial score (nSPS) is 12.9. The molecule has 0 aliphatic rings. The highest BCUT2D eigenvalue weighted by atomic mass is 19.3. The third kappa shape index (κ3) is 3.47. The molecular formula is C11H15F2NO. The van der Waals surface area contributed by atoms with Crippen LogP contribution in [0.5, 0.6) is 5.75 Å². The van der Waals surface area contributed by atoms with E-state index < -0.39 is 13.0 Å². The molecular weight excluding hydrogens is 200 g/mol. The van der Waals surface area contributed by atoms with Gasteiger partial charge in [-0.15, -0.1) is 0 Å². The highest BCUT2D eigenvalue weighted by Crippen LogP contribution is 2.25. The highest BCUT2D eigenvalue weighted by molar-refractivity contribution is 5.35. The van der Waals surface area contributed by atoms with Crippen LogP contribution < -0.4 is 10.5 Å². The van der Waals surface area contributed by atoms with E-state index in [4.69, 9.17) is 10.5 Å². The van der Waals surface area contributed by atoms with Gasteiger partial charge in [0.25, 0.3) is 6.43 Å². The fraction of sp³-hybridized carbons (Fsp3) is 0.455. The minimum absolute atomic E-state index is 0.168. The third-order valence-corrected chi connectivity index (χ3v) is 2.12. The Balaban J connectivity index is 2.77. The van der Waals surface area contributed by atoms with Crippen LogP contribution in [-0.4, -0.2) is 13.0 Å². The summed E-state index contributed by atoms with van der Waals surface area (Å²) in [5, 5.41) is 0. The quantitative estimate of drug-likeness (QED) is 0.819. The lowest BCUT2D eigenvalue weighted by Crippen LogP contribution is -2.13. The summed E-state index contributed by atoms with van der Waals surface area (Å²) in [6, 6.07) is 6.86. The zero-order chi connectivity index (χ0) is 11.3. The molecule has 1 rings (SSSR count). The number of benzene rings is 1. The molecule has 0 amide bonds. The summed E-state index contributed by atoms with van der Waals surface area (Å²) in [6.45, 7) is 1.35. The Kier molecular flexibility index (Phi) is 4.49. The van der Waals surface area contributed by atoms with E-state index >= 15 is 0 Å². The number of ether oxygens (including phenoxy) is 1. The first-order valence-electron chi connectivity index (χ1n) is 4.90. The van der Waals surface area contributed by atoms with Gasteiger partial charge in [0, 0.05) is 11.6 Å². The van der Waals surface area contributed by atoms with Crippen molar-refractivity contribution in [3.8, 4) is 5.75 Å². The van der Waals surface area contributed by atoms with Gasteiger partial charge in [0.2, 0.25) is 0 Å². The minimum atomic E-state index is -2.46. The number of halogens is 2. The van der Waals surface area contributed by atoms with Gasteiger partial charge in [-0.2, -0.15) is 0 Å². The largest absolute Gasteiger partial charge is 0.487 e. The molecule has 2 N–H and O–H groups in total. The first-order chi connectivity index (χ1) is 7.15. The topological polar surface area (TPSA) is 35.2 Å². The predicted molar refractivity (Wildman–Crippen MR) is 55.2 cm³/mol. The van der Waals surface area contributed by atoms with Gasteiger partial charge in [-0.25, -0.2) is 8.78 Å². The number of hydrogen-bond acceptors (Lipinski definition) is 2. The molecule has 0 saturated heterocycles. The van der Waals surface area contributed by atoms with Crippen molar-refractivity contribution in [3.63, 3.8) is 0 Å². The molecule has 15 heavy (non-hydrogen) atoms. The van der Waals surface area contributed by atoms with E-state index in [9.17, 15) is 8.78 Å². The average Bonchev–Trinajstić information content (AvgIpc) is 2.25. The van der Waals surface area contributed by atoms with Crippen molar-refractivity contribution in [1.29, 1.82) is 0 Å². The Bertz CT molecular complexity index is 304. The summed E-state index contributed by atoms with van der Waals surface area (Å²) in [4.78, 5) is 0. The molecule has 0 aromatic heterocycles. The van der Waals surface area contributed by atoms with E-state index in [0.29, 0.717) is 5.75 Å². The van der Waals surface area contributed by atoms with Crippen LogP contribution in [0.3, 0.4) is 0 Å². The molecule has 0 aliphatic carbocycles. The smallest absolute Gasteiger partial charge is 0.272 e. The number of rotatable bonds is 5. The zero-order valence-electron chi connectivity index (χ0n) is 8.62. The molecule has 0 unspecified atom stereocenters. The lowest BCUT2D eigenvalue weighted by atomic mass is 10.0. The summed E-state index contributed by atoms with van der Waals surface area (Å²) < 4.78 is 28.9. The van der Waals surface area contributed by atoms with Gasteiger partial charge < -0.3 is 10.5 Å². The van der Waals surface area contributed by atoms with Crippen LogP contribution in [0.4, 0.5) is 8.78 Å². The molecule has 1 atom stereocenters. The van der Waals surface area contributed by atoms with Crippen molar-refractivity contribution < 1.29 is 13.5 Å². The fourth-order valence-electron chi connectivity index (χ4n) is 1.29. The average molecular weight is 215 g/mol. The third-order valence-electron chi connectivity index (χ3n) is 2.12.